The molecule has 3 aromatic carbocycles. The van der Waals surface area contributed by atoms with Crippen molar-refractivity contribution in [1.29, 1.82) is 0 Å². The molecule has 4 aromatic rings. The summed E-state index contributed by atoms with van der Waals surface area (Å²) in [6, 6.07) is 20.9. The van der Waals surface area contributed by atoms with Crippen LogP contribution in [-0.2, 0) is 0 Å². The van der Waals surface area contributed by atoms with Crippen molar-refractivity contribution in [3.05, 3.63) is 82.5 Å². The van der Waals surface area contributed by atoms with Gasteiger partial charge in [-0.25, -0.2) is 4.79 Å². The molecule has 26 heavy (non-hydrogen) atoms. The third kappa shape index (κ3) is 3.13. The highest BCUT2D eigenvalue weighted by molar-refractivity contribution is 9.10. The van der Waals surface area contributed by atoms with Gasteiger partial charge in [0.1, 0.15) is 22.8 Å². The number of hydrogen-bond acceptors (Lipinski definition) is 4. The third-order valence-electron chi connectivity index (χ3n) is 4.10. The number of rotatable bonds is 3. The number of nitrogens with zero attached hydrogens (tertiary/aromatic N) is 1. The lowest BCUT2D eigenvalue weighted by Gasteiger charge is -2.06. The zero-order valence-electron chi connectivity index (χ0n) is 13.9. The molecule has 1 aromatic heterocycles. The molecule has 0 aliphatic rings. The van der Waals surface area contributed by atoms with Crippen LogP contribution in [0.25, 0.3) is 22.0 Å². The van der Waals surface area contributed by atoms with Gasteiger partial charge in [0.25, 0.3) is 0 Å². The summed E-state index contributed by atoms with van der Waals surface area (Å²) in [5.41, 5.74) is 1.63. The van der Waals surface area contributed by atoms with E-state index in [-0.39, 0.29) is 0 Å². The molecule has 0 unspecified atom stereocenters. The maximum Gasteiger partial charge on any atom is 0.349 e. The first kappa shape index (κ1) is 16.5. The Morgan fingerprint density at radius 3 is 2.54 bits per heavy atom. The molecule has 5 heteroatoms. The second-order valence-corrected chi connectivity index (χ2v) is 6.79. The lowest BCUT2D eigenvalue weighted by atomic mass is 10.1. The predicted molar refractivity (Wildman–Crippen MR) is 103 cm³/mol. The maximum absolute atomic E-state index is 12.8. The molecule has 0 bridgehead atoms. The number of aryl methyl sites for hydroxylation is 1. The highest BCUT2D eigenvalue weighted by atomic mass is 79.9. The number of hydrogen-bond donors (Lipinski definition) is 0. The van der Waals surface area contributed by atoms with E-state index in [1.165, 1.54) is 0 Å². The van der Waals surface area contributed by atoms with Gasteiger partial charge >= 0.3 is 5.97 Å². The van der Waals surface area contributed by atoms with Crippen molar-refractivity contribution in [2.45, 2.75) is 6.92 Å². The molecule has 4 nitrogen and oxygen atoms in total. The Bertz CT molecular complexity index is 1100. The third-order valence-corrected chi connectivity index (χ3v) is 4.59. The summed E-state index contributed by atoms with van der Waals surface area (Å²) in [6.07, 6.45) is 0. The lowest BCUT2D eigenvalue weighted by molar-refractivity contribution is 0.0734. The van der Waals surface area contributed by atoms with Crippen LogP contribution in [-0.4, -0.2) is 11.1 Å². The molecule has 0 saturated carbocycles. The van der Waals surface area contributed by atoms with E-state index in [4.69, 9.17) is 9.26 Å². The second-order valence-electron chi connectivity index (χ2n) is 5.87. The van der Waals surface area contributed by atoms with Crippen molar-refractivity contribution in [3.63, 3.8) is 0 Å². The van der Waals surface area contributed by atoms with Gasteiger partial charge in [0.2, 0.25) is 0 Å². The molecule has 0 fully saturated rings. The number of fused-ring (bicyclic) bond motifs is 1. The SMILES string of the molecule is Cc1onc(-c2ccccc2)c1C(=O)Oc1ccc2cc(Br)ccc2c1. The van der Waals surface area contributed by atoms with E-state index in [2.05, 4.69) is 21.1 Å². The number of benzene rings is 3. The fraction of sp³-hybridized carbons (Fsp3) is 0.0476. The Morgan fingerprint density at radius 2 is 1.73 bits per heavy atom. The number of aromatic nitrogens is 1. The Balaban J connectivity index is 1.67. The van der Waals surface area contributed by atoms with Crippen LogP contribution in [0.1, 0.15) is 16.1 Å². The van der Waals surface area contributed by atoms with E-state index in [1.54, 1.807) is 13.0 Å². The van der Waals surface area contributed by atoms with Gasteiger partial charge in [0.15, 0.2) is 0 Å². The average molecular weight is 408 g/mol. The molecule has 0 N–H and O–H groups in total. The van der Waals surface area contributed by atoms with Gasteiger partial charge in [-0.15, -0.1) is 0 Å². The molecular weight excluding hydrogens is 394 g/mol. The number of esters is 1. The van der Waals surface area contributed by atoms with Crippen LogP contribution in [0.5, 0.6) is 5.75 Å². The van der Waals surface area contributed by atoms with Crippen LogP contribution < -0.4 is 4.74 Å². The first-order chi connectivity index (χ1) is 12.6. The van der Waals surface area contributed by atoms with Gasteiger partial charge in [0.05, 0.1) is 0 Å². The maximum atomic E-state index is 12.8. The Morgan fingerprint density at radius 1 is 1.00 bits per heavy atom. The molecule has 0 amide bonds. The smallest absolute Gasteiger partial charge is 0.349 e. The molecule has 0 aliphatic carbocycles. The fourth-order valence-corrected chi connectivity index (χ4v) is 3.20. The van der Waals surface area contributed by atoms with Crippen molar-refractivity contribution in [1.82, 2.24) is 5.16 Å². The summed E-state index contributed by atoms with van der Waals surface area (Å²) in [6.45, 7) is 1.70. The van der Waals surface area contributed by atoms with E-state index in [0.29, 0.717) is 22.8 Å². The molecule has 0 radical (unpaired) electrons. The minimum absolute atomic E-state index is 0.340. The van der Waals surface area contributed by atoms with Crippen LogP contribution in [0.15, 0.2) is 75.7 Å². The summed E-state index contributed by atoms with van der Waals surface area (Å²) in [4.78, 5) is 12.8. The van der Waals surface area contributed by atoms with E-state index >= 15 is 0 Å². The van der Waals surface area contributed by atoms with Gasteiger partial charge in [-0.1, -0.05) is 63.6 Å². The molecule has 128 valence electrons. The van der Waals surface area contributed by atoms with Crippen LogP contribution in [0, 0.1) is 6.92 Å². The van der Waals surface area contributed by atoms with Gasteiger partial charge in [0, 0.05) is 10.0 Å². The van der Waals surface area contributed by atoms with Crippen LogP contribution in [0.3, 0.4) is 0 Å². The molecule has 4 rings (SSSR count). The summed E-state index contributed by atoms with van der Waals surface area (Å²) in [5.74, 6) is 0.419. The Hall–Kier alpha value is -2.92. The number of halogens is 1. The quantitative estimate of drug-likeness (QED) is 0.318. The first-order valence-corrected chi connectivity index (χ1v) is 8.84. The monoisotopic (exact) mass is 407 g/mol. The molecule has 0 spiro atoms. The van der Waals surface area contributed by atoms with Crippen molar-refractivity contribution in [2.24, 2.45) is 0 Å². The zero-order chi connectivity index (χ0) is 18.1. The molecule has 1 heterocycles. The van der Waals surface area contributed by atoms with Gasteiger partial charge < -0.3 is 9.26 Å². The average Bonchev–Trinajstić information content (AvgIpc) is 3.04. The largest absolute Gasteiger partial charge is 0.423 e. The fourth-order valence-electron chi connectivity index (χ4n) is 2.82. The van der Waals surface area contributed by atoms with Gasteiger partial charge in [-0.05, 0) is 42.0 Å². The minimum atomic E-state index is -0.487. The van der Waals surface area contributed by atoms with Crippen molar-refractivity contribution < 1.29 is 14.1 Å². The summed E-state index contributed by atoms with van der Waals surface area (Å²) in [5, 5.41) is 6.08. The van der Waals surface area contributed by atoms with E-state index in [1.807, 2.05) is 60.7 Å². The Labute approximate surface area is 158 Å². The molecule has 0 saturated heterocycles. The molecule has 0 atom stereocenters. The molecule has 0 aliphatic heterocycles. The number of carbonyl (C=O) groups is 1. The number of carbonyl (C=O) groups excluding carboxylic acids is 1. The summed E-state index contributed by atoms with van der Waals surface area (Å²) < 4.78 is 11.8. The predicted octanol–water partition coefficient (Wildman–Crippen LogP) is 5.78. The topological polar surface area (TPSA) is 52.3 Å². The zero-order valence-corrected chi connectivity index (χ0v) is 15.5. The van der Waals surface area contributed by atoms with E-state index in [9.17, 15) is 4.79 Å². The van der Waals surface area contributed by atoms with Gasteiger partial charge in [-0.2, -0.15) is 0 Å². The highest BCUT2D eigenvalue weighted by Crippen LogP contribution is 2.28. The minimum Gasteiger partial charge on any atom is -0.423 e. The second kappa shape index (κ2) is 6.77. The van der Waals surface area contributed by atoms with Crippen LogP contribution in [0.4, 0.5) is 0 Å². The van der Waals surface area contributed by atoms with Crippen molar-refractivity contribution in [2.75, 3.05) is 0 Å². The van der Waals surface area contributed by atoms with Crippen molar-refractivity contribution in [3.8, 4) is 17.0 Å². The van der Waals surface area contributed by atoms with Crippen molar-refractivity contribution >= 4 is 32.7 Å². The van der Waals surface area contributed by atoms with E-state index in [0.717, 1.165) is 20.8 Å². The van der Waals surface area contributed by atoms with Crippen LogP contribution in [0.2, 0.25) is 0 Å². The van der Waals surface area contributed by atoms with Crippen LogP contribution >= 0.6 is 15.9 Å². The standard InChI is InChI=1S/C21H14BrNO3/c1-13-19(20(23-26-13)14-5-3-2-4-6-14)21(24)25-18-10-8-15-11-17(22)9-7-16(15)12-18/h2-12H,1H3. The molecular formula is C21H14BrNO3. The lowest BCUT2D eigenvalue weighted by Crippen LogP contribution is -2.10. The number of ether oxygens (including phenoxy) is 1. The highest BCUT2D eigenvalue weighted by Gasteiger charge is 2.23. The Kier molecular flexibility index (Phi) is 4.31. The normalized spacial score (nSPS) is 10.8. The summed E-state index contributed by atoms with van der Waals surface area (Å²) >= 11 is 3.45. The van der Waals surface area contributed by atoms with Gasteiger partial charge in [-0.3, -0.25) is 0 Å². The van der Waals surface area contributed by atoms with E-state index < -0.39 is 5.97 Å². The summed E-state index contributed by atoms with van der Waals surface area (Å²) in [7, 11) is 0. The first-order valence-electron chi connectivity index (χ1n) is 8.05.